The van der Waals surface area contributed by atoms with Crippen LogP contribution in [0, 0.1) is 0 Å². The highest BCUT2D eigenvalue weighted by molar-refractivity contribution is 7.17. The van der Waals surface area contributed by atoms with Gasteiger partial charge in [-0.2, -0.15) is 0 Å². The number of hydrogen-bond acceptors (Lipinski definition) is 6. The van der Waals surface area contributed by atoms with Crippen molar-refractivity contribution < 1.29 is 14.3 Å². The lowest BCUT2D eigenvalue weighted by Gasteiger charge is -2.11. The third kappa shape index (κ3) is 4.54. The minimum absolute atomic E-state index is 0.0559. The molecular weight excluding hydrogens is 396 g/mol. The number of anilines is 1. The van der Waals surface area contributed by atoms with Gasteiger partial charge < -0.3 is 15.8 Å². The maximum atomic E-state index is 12.7. The van der Waals surface area contributed by atoms with E-state index in [9.17, 15) is 19.2 Å². The minimum Gasteiger partial charge on any atom is -0.497 e. The van der Waals surface area contributed by atoms with Crippen LogP contribution in [0.2, 0.25) is 0 Å². The van der Waals surface area contributed by atoms with Crippen molar-refractivity contribution in [2.45, 2.75) is 25.9 Å². The number of primary amides is 1. The fraction of sp³-hybridized carbons (Fsp3) is 0.263. The molecule has 0 radical (unpaired) electrons. The normalized spacial score (nSPS) is 10.8. The number of rotatable bonds is 8. The van der Waals surface area contributed by atoms with E-state index in [2.05, 4.69) is 5.32 Å². The lowest BCUT2D eigenvalue weighted by atomic mass is 10.2. The Morgan fingerprint density at radius 3 is 2.52 bits per heavy atom. The lowest BCUT2D eigenvalue weighted by Crippen LogP contribution is -2.41. The van der Waals surface area contributed by atoms with Gasteiger partial charge in [0.2, 0.25) is 11.8 Å². The summed E-state index contributed by atoms with van der Waals surface area (Å²) in [6.07, 6.45) is 0.404. The predicted molar refractivity (Wildman–Crippen MR) is 110 cm³/mol. The predicted octanol–water partition coefficient (Wildman–Crippen LogP) is 1.14. The number of methoxy groups -OCH3 is 1. The SMILES string of the molecule is COc1ccc(NC(=O)CCCn2c(=O)c3sccc3n(CC(N)=O)c2=O)cc1. The van der Waals surface area contributed by atoms with Crippen LogP contribution in [0.25, 0.3) is 10.2 Å². The highest BCUT2D eigenvalue weighted by Crippen LogP contribution is 2.16. The van der Waals surface area contributed by atoms with Crippen molar-refractivity contribution in [3.8, 4) is 5.75 Å². The topological polar surface area (TPSA) is 125 Å². The first-order chi connectivity index (χ1) is 13.9. The van der Waals surface area contributed by atoms with Crippen molar-refractivity contribution in [3.63, 3.8) is 0 Å². The van der Waals surface area contributed by atoms with Crippen molar-refractivity contribution >= 4 is 39.1 Å². The van der Waals surface area contributed by atoms with Crippen molar-refractivity contribution in [1.29, 1.82) is 0 Å². The third-order valence-corrected chi connectivity index (χ3v) is 5.20. The van der Waals surface area contributed by atoms with E-state index in [-0.39, 0.29) is 31.8 Å². The Balaban J connectivity index is 1.71. The summed E-state index contributed by atoms with van der Waals surface area (Å²) in [5.41, 5.74) is 5.19. The van der Waals surface area contributed by atoms with Gasteiger partial charge in [0.15, 0.2) is 0 Å². The first-order valence-electron chi connectivity index (χ1n) is 8.83. The van der Waals surface area contributed by atoms with E-state index in [1.54, 1.807) is 42.8 Å². The van der Waals surface area contributed by atoms with Gasteiger partial charge in [0.1, 0.15) is 17.0 Å². The number of nitrogens with two attached hydrogens (primary N) is 1. The molecule has 2 heterocycles. The second-order valence-corrected chi connectivity index (χ2v) is 7.22. The van der Waals surface area contributed by atoms with Crippen molar-refractivity contribution in [2.75, 3.05) is 12.4 Å². The molecule has 1 aromatic carbocycles. The maximum Gasteiger partial charge on any atom is 0.332 e. The Labute approximate surface area is 169 Å². The Hall–Kier alpha value is -3.40. The molecule has 2 aromatic heterocycles. The Morgan fingerprint density at radius 2 is 1.86 bits per heavy atom. The van der Waals surface area contributed by atoms with Crippen molar-refractivity contribution in [2.24, 2.45) is 5.73 Å². The van der Waals surface area contributed by atoms with Gasteiger partial charge in [-0.05, 0) is 42.1 Å². The van der Waals surface area contributed by atoms with Gasteiger partial charge in [-0.15, -0.1) is 11.3 Å². The van der Waals surface area contributed by atoms with E-state index < -0.39 is 17.2 Å². The molecule has 29 heavy (non-hydrogen) atoms. The first kappa shape index (κ1) is 20.3. The zero-order valence-corrected chi connectivity index (χ0v) is 16.5. The molecule has 0 unspecified atom stereocenters. The number of hydrogen-bond donors (Lipinski definition) is 2. The van der Waals surface area contributed by atoms with Gasteiger partial charge in [0.05, 0.1) is 12.6 Å². The summed E-state index contributed by atoms with van der Waals surface area (Å²) in [5.74, 6) is -0.236. The number of carbonyl (C=O) groups is 2. The van der Waals surface area contributed by atoms with E-state index in [0.29, 0.717) is 21.7 Å². The van der Waals surface area contributed by atoms with E-state index in [1.165, 1.54) is 15.9 Å². The molecule has 3 N–H and O–H groups in total. The average Bonchev–Trinajstić information content (AvgIpc) is 3.18. The van der Waals surface area contributed by atoms with Gasteiger partial charge >= 0.3 is 5.69 Å². The van der Waals surface area contributed by atoms with Gasteiger partial charge in [-0.25, -0.2) is 4.79 Å². The van der Waals surface area contributed by atoms with Crippen LogP contribution in [0.3, 0.4) is 0 Å². The van der Waals surface area contributed by atoms with Crippen LogP contribution in [0.5, 0.6) is 5.75 Å². The lowest BCUT2D eigenvalue weighted by molar-refractivity contribution is -0.118. The zero-order chi connectivity index (χ0) is 21.0. The summed E-state index contributed by atoms with van der Waals surface area (Å²) >= 11 is 1.19. The Kier molecular flexibility index (Phi) is 6.13. The van der Waals surface area contributed by atoms with Crippen LogP contribution in [-0.4, -0.2) is 28.1 Å². The number of thiophene rings is 1. The number of ether oxygens (including phenoxy) is 1. The standard InChI is InChI=1S/C19H20N4O5S/c1-28-13-6-4-12(5-7-13)21-16(25)3-2-9-22-18(26)17-14(8-10-29-17)23(19(22)27)11-15(20)24/h4-8,10H,2-3,9,11H2,1H3,(H2,20,24)(H,21,25). The molecule has 9 nitrogen and oxygen atoms in total. The highest BCUT2D eigenvalue weighted by atomic mass is 32.1. The number of aromatic nitrogens is 2. The summed E-state index contributed by atoms with van der Waals surface area (Å²) < 4.78 is 7.66. The summed E-state index contributed by atoms with van der Waals surface area (Å²) in [4.78, 5) is 48.7. The largest absolute Gasteiger partial charge is 0.497 e. The zero-order valence-electron chi connectivity index (χ0n) is 15.7. The van der Waals surface area contributed by atoms with Gasteiger partial charge in [-0.3, -0.25) is 23.5 Å². The molecule has 3 aromatic rings. The number of benzene rings is 1. The first-order valence-corrected chi connectivity index (χ1v) is 9.71. The van der Waals surface area contributed by atoms with E-state index >= 15 is 0 Å². The quantitative estimate of drug-likeness (QED) is 0.570. The average molecular weight is 416 g/mol. The smallest absolute Gasteiger partial charge is 0.332 e. The fourth-order valence-electron chi connectivity index (χ4n) is 2.93. The monoisotopic (exact) mass is 416 g/mol. The molecule has 10 heteroatoms. The molecule has 2 amide bonds. The molecule has 0 aliphatic carbocycles. The Bertz CT molecular complexity index is 1160. The summed E-state index contributed by atoms with van der Waals surface area (Å²) in [6, 6.07) is 8.50. The van der Waals surface area contributed by atoms with Crippen LogP contribution >= 0.6 is 11.3 Å². The summed E-state index contributed by atoms with van der Waals surface area (Å²) in [5, 5.41) is 4.42. The molecule has 0 aliphatic heterocycles. The van der Waals surface area contributed by atoms with E-state index in [1.807, 2.05) is 0 Å². The molecule has 0 spiro atoms. The highest BCUT2D eigenvalue weighted by Gasteiger charge is 2.15. The molecule has 0 bridgehead atoms. The molecular formula is C19H20N4O5S. The molecule has 0 atom stereocenters. The van der Waals surface area contributed by atoms with Crippen molar-refractivity contribution in [3.05, 3.63) is 56.5 Å². The van der Waals surface area contributed by atoms with Crippen LogP contribution < -0.4 is 27.0 Å². The molecule has 0 saturated heterocycles. The van der Waals surface area contributed by atoms with E-state index in [0.717, 1.165) is 4.57 Å². The van der Waals surface area contributed by atoms with Gasteiger partial charge in [-0.1, -0.05) is 0 Å². The Morgan fingerprint density at radius 1 is 1.14 bits per heavy atom. The second kappa shape index (κ2) is 8.74. The van der Waals surface area contributed by atoms with Gasteiger partial charge in [0, 0.05) is 18.7 Å². The second-order valence-electron chi connectivity index (χ2n) is 6.31. The van der Waals surface area contributed by atoms with Crippen LogP contribution in [0.15, 0.2) is 45.3 Å². The van der Waals surface area contributed by atoms with Crippen molar-refractivity contribution in [1.82, 2.24) is 9.13 Å². The fourth-order valence-corrected chi connectivity index (χ4v) is 3.78. The number of nitrogens with one attached hydrogen (secondary N) is 1. The summed E-state index contributed by atoms with van der Waals surface area (Å²) in [6.45, 7) is -0.259. The van der Waals surface area contributed by atoms with Gasteiger partial charge in [0.25, 0.3) is 5.56 Å². The molecule has 0 saturated carbocycles. The number of fused-ring (bicyclic) bond motifs is 1. The number of nitrogens with zero attached hydrogens (tertiary/aromatic N) is 2. The van der Waals surface area contributed by atoms with E-state index in [4.69, 9.17) is 10.5 Å². The summed E-state index contributed by atoms with van der Waals surface area (Å²) in [7, 11) is 1.56. The maximum absolute atomic E-state index is 12.7. The molecule has 0 aliphatic rings. The molecule has 3 rings (SSSR count). The molecule has 0 fully saturated rings. The number of amides is 2. The third-order valence-electron chi connectivity index (χ3n) is 4.31. The number of carbonyl (C=O) groups excluding carboxylic acids is 2. The molecule has 152 valence electrons. The van der Waals surface area contributed by atoms with Crippen LogP contribution in [0.4, 0.5) is 5.69 Å². The minimum atomic E-state index is -0.677. The van der Waals surface area contributed by atoms with Crippen LogP contribution in [-0.2, 0) is 22.7 Å². The van der Waals surface area contributed by atoms with Crippen LogP contribution in [0.1, 0.15) is 12.8 Å².